The minimum absolute atomic E-state index is 0.127. The van der Waals surface area contributed by atoms with Crippen molar-refractivity contribution in [1.29, 1.82) is 0 Å². The second kappa shape index (κ2) is 18.7. The molecule has 0 saturated carbocycles. The number of phenols is 5. The van der Waals surface area contributed by atoms with Gasteiger partial charge in [-0.1, -0.05) is 6.07 Å². The first-order valence-corrected chi connectivity index (χ1v) is 19.4. The van der Waals surface area contributed by atoms with Gasteiger partial charge in [0.2, 0.25) is 23.8 Å². The molecule has 1 aromatic heterocycles. The zero-order valence-corrected chi connectivity index (χ0v) is 33.2. The lowest BCUT2D eigenvalue weighted by Crippen LogP contribution is -2.63. The Bertz CT molecular complexity index is 2420. The van der Waals surface area contributed by atoms with Crippen molar-refractivity contribution in [2.24, 2.45) is 0 Å². The fraction of sp³-hybridized carbons (Fsp3) is 0.415. The summed E-state index contributed by atoms with van der Waals surface area (Å²) in [6.07, 6.45) is -22.0. The van der Waals surface area contributed by atoms with E-state index in [1.165, 1.54) is 37.3 Å². The van der Waals surface area contributed by atoms with Gasteiger partial charge in [0.05, 0.1) is 19.3 Å². The monoisotopic (exact) mass is 904 g/mol. The van der Waals surface area contributed by atoms with Gasteiger partial charge in [0.25, 0.3) is 0 Å². The normalized spacial score (nSPS) is 32.1. The van der Waals surface area contributed by atoms with E-state index in [1.54, 1.807) is 0 Å². The number of phenolic OH excluding ortho intramolecular Hbond substituents is 5. The minimum atomic E-state index is -2.00. The molecule has 0 aliphatic carbocycles. The molecule has 0 spiro atoms. The molecule has 3 aliphatic heterocycles. The van der Waals surface area contributed by atoms with E-state index in [0.717, 1.165) is 30.3 Å². The van der Waals surface area contributed by atoms with Crippen LogP contribution in [0.2, 0.25) is 0 Å². The zero-order chi connectivity index (χ0) is 46.3. The molecule has 3 fully saturated rings. The molecular weight excluding hydrogens is 860 g/mol. The van der Waals surface area contributed by atoms with Gasteiger partial charge in [-0.25, -0.2) is 4.79 Å². The number of carbonyl (C=O) groups is 1. The summed E-state index contributed by atoms with van der Waals surface area (Å²) < 4.78 is 45.5. The van der Waals surface area contributed by atoms with E-state index >= 15 is 0 Å². The fourth-order valence-corrected chi connectivity index (χ4v) is 7.13. The fourth-order valence-electron chi connectivity index (χ4n) is 7.13. The van der Waals surface area contributed by atoms with Crippen molar-refractivity contribution in [2.45, 2.75) is 92.9 Å². The third-order valence-corrected chi connectivity index (χ3v) is 10.6. The van der Waals surface area contributed by atoms with Crippen molar-refractivity contribution < 1.29 is 109 Å². The van der Waals surface area contributed by atoms with E-state index < -0.39 is 156 Å². The van der Waals surface area contributed by atoms with Crippen LogP contribution in [-0.2, 0) is 28.5 Å². The lowest BCUT2D eigenvalue weighted by molar-refractivity contribution is -0.345. The Morgan fingerprint density at radius 3 is 2.09 bits per heavy atom. The van der Waals surface area contributed by atoms with Crippen LogP contribution in [0.15, 0.2) is 63.8 Å². The van der Waals surface area contributed by atoms with Gasteiger partial charge in [0, 0.05) is 23.8 Å². The number of ether oxygens (including phenoxy) is 7. The third kappa shape index (κ3) is 9.23. The van der Waals surface area contributed by atoms with Gasteiger partial charge in [-0.05, 0) is 48.9 Å². The molecule has 0 amide bonds. The highest BCUT2D eigenvalue weighted by atomic mass is 16.8. The Morgan fingerprint density at radius 1 is 0.719 bits per heavy atom. The summed E-state index contributed by atoms with van der Waals surface area (Å²) in [5.74, 6) is -5.48. The van der Waals surface area contributed by atoms with Crippen LogP contribution in [-0.4, -0.2) is 172 Å². The Labute approximate surface area is 359 Å². The second-order valence-electron chi connectivity index (χ2n) is 15.1. The Kier molecular flexibility index (Phi) is 13.5. The van der Waals surface area contributed by atoms with Crippen LogP contribution in [0, 0.1) is 0 Å². The maximum atomic E-state index is 14.3. The summed E-state index contributed by atoms with van der Waals surface area (Å²) >= 11 is 0. The van der Waals surface area contributed by atoms with Gasteiger partial charge < -0.3 is 104 Å². The molecular formula is C41H44O23. The highest BCUT2D eigenvalue weighted by molar-refractivity contribution is 5.89. The maximum absolute atomic E-state index is 14.3. The standard InChI is InChI=1S/C41H44O23/c1-14-35(62-26(49)7-3-15-2-5-18(43)20(45)8-15)32(54)34(56)39(58-14)64-38-28(50)23(48)13-57-41(38)63-37-30(52)27-22(47)10-17(59-40-33(55)31(53)29(51)25(12-42)61-40)11-24(27)60-36(37)16-4-6-19(44)21(46)9-16/h2-11,14,23,25,28-29,31-35,38-48,50-51,53-56H,12-13H2,1H3. The highest BCUT2D eigenvalue weighted by Gasteiger charge is 2.50. The van der Waals surface area contributed by atoms with Crippen molar-refractivity contribution in [3.05, 3.63) is 70.4 Å². The van der Waals surface area contributed by atoms with Gasteiger partial charge in [-0.3, -0.25) is 4.79 Å². The largest absolute Gasteiger partial charge is 0.507 e. The SMILES string of the molecule is CC1OC(OC2C(Oc3c(-c4ccc(O)c(O)c4)oc4cc(OC5OC(CO)C(O)C(O)C5O)cc(O)c4c3=O)OCC(O)C2O)C(O)C(O)C1OC(=O)C=Cc1ccc(O)c(O)c1. The van der Waals surface area contributed by atoms with Crippen LogP contribution in [0.5, 0.6) is 40.2 Å². The van der Waals surface area contributed by atoms with Gasteiger partial charge >= 0.3 is 5.97 Å². The summed E-state index contributed by atoms with van der Waals surface area (Å²) in [4.78, 5) is 27.0. The molecule has 3 aromatic carbocycles. The molecule has 4 heterocycles. The van der Waals surface area contributed by atoms with Crippen molar-refractivity contribution in [1.82, 2.24) is 0 Å². The van der Waals surface area contributed by atoms with E-state index in [4.69, 9.17) is 37.6 Å². The van der Waals surface area contributed by atoms with Crippen molar-refractivity contribution in [2.75, 3.05) is 13.2 Å². The van der Waals surface area contributed by atoms with E-state index in [2.05, 4.69) is 0 Å². The molecule has 13 N–H and O–H groups in total. The van der Waals surface area contributed by atoms with Gasteiger partial charge in [0.1, 0.15) is 71.3 Å². The first kappa shape index (κ1) is 46.2. The molecule has 3 aliphatic rings. The molecule has 23 heteroatoms. The van der Waals surface area contributed by atoms with Crippen molar-refractivity contribution in [3.8, 4) is 51.6 Å². The number of aromatic hydroxyl groups is 5. The number of carbonyl (C=O) groups excluding carboxylic acids is 1. The quantitative estimate of drug-likeness (QED) is 0.0444. The molecule has 7 rings (SSSR count). The Balaban J connectivity index is 1.16. The maximum Gasteiger partial charge on any atom is 0.331 e. The average Bonchev–Trinajstić information content (AvgIpc) is 3.26. The first-order chi connectivity index (χ1) is 30.4. The molecule has 23 nitrogen and oxygen atoms in total. The molecule has 3 saturated heterocycles. The highest BCUT2D eigenvalue weighted by Crippen LogP contribution is 2.40. The molecule has 0 radical (unpaired) electrons. The Morgan fingerprint density at radius 2 is 1.41 bits per heavy atom. The number of rotatable bonds is 11. The van der Waals surface area contributed by atoms with Crippen LogP contribution in [0.1, 0.15) is 12.5 Å². The smallest absolute Gasteiger partial charge is 0.331 e. The summed E-state index contributed by atoms with van der Waals surface area (Å²) in [5.41, 5.74) is -1.36. The van der Waals surface area contributed by atoms with Crippen LogP contribution < -0.4 is 14.9 Å². The molecule has 14 atom stereocenters. The number of aliphatic hydroxyl groups excluding tert-OH is 8. The number of benzene rings is 3. The molecule has 14 unspecified atom stereocenters. The molecule has 0 bridgehead atoms. The summed E-state index contributed by atoms with van der Waals surface area (Å²) in [6, 6.07) is 8.91. The summed E-state index contributed by atoms with van der Waals surface area (Å²) in [5, 5.41) is 134. The van der Waals surface area contributed by atoms with Crippen LogP contribution in [0.4, 0.5) is 0 Å². The number of fused-ring (bicyclic) bond motifs is 1. The second-order valence-corrected chi connectivity index (χ2v) is 15.1. The van der Waals surface area contributed by atoms with E-state index in [-0.39, 0.29) is 17.1 Å². The van der Waals surface area contributed by atoms with E-state index in [9.17, 15) is 76.0 Å². The predicted octanol–water partition coefficient (Wildman–Crippen LogP) is -1.90. The Hall–Kier alpha value is -5.80. The minimum Gasteiger partial charge on any atom is -0.507 e. The number of hydrogen-bond acceptors (Lipinski definition) is 23. The lowest BCUT2D eigenvalue weighted by atomic mass is 9.99. The molecule has 4 aromatic rings. The van der Waals surface area contributed by atoms with Crippen LogP contribution >= 0.6 is 0 Å². The summed E-state index contributed by atoms with van der Waals surface area (Å²) in [6.45, 7) is -0.0366. The predicted molar refractivity (Wildman–Crippen MR) is 210 cm³/mol. The number of esters is 1. The van der Waals surface area contributed by atoms with Crippen molar-refractivity contribution >= 4 is 23.0 Å². The number of aliphatic hydroxyl groups is 8. The average molecular weight is 905 g/mol. The molecule has 64 heavy (non-hydrogen) atoms. The molecule has 346 valence electrons. The lowest BCUT2D eigenvalue weighted by Gasteiger charge is -2.44. The topological polar surface area (TPSA) is 375 Å². The van der Waals surface area contributed by atoms with Crippen LogP contribution in [0.25, 0.3) is 28.4 Å². The van der Waals surface area contributed by atoms with Crippen LogP contribution in [0.3, 0.4) is 0 Å². The van der Waals surface area contributed by atoms with Crippen molar-refractivity contribution in [3.63, 3.8) is 0 Å². The summed E-state index contributed by atoms with van der Waals surface area (Å²) in [7, 11) is 0. The third-order valence-electron chi connectivity index (χ3n) is 10.6. The van der Waals surface area contributed by atoms with E-state index in [1.807, 2.05) is 0 Å². The van der Waals surface area contributed by atoms with Gasteiger partial charge in [-0.2, -0.15) is 0 Å². The van der Waals surface area contributed by atoms with Gasteiger partial charge in [0.15, 0.2) is 47.3 Å². The number of hydrogen-bond donors (Lipinski definition) is 13. The van der Waals surface area contributed by atoms with Gasteiger partial charge in [-0.15, -0.1) is 0 Å². The zero-order valence-electron chi connectivity index (χ0n) is 33.2. The first-order valence-electron chi connectivity index (χ1n) is 19.4. The van der Waals surface area contributed by atoms with E-state index in [0.29, 0.717) is 5.56 Å².